The molecule has 0 aliphatic heterocycles. The van der Waals surface area contributed by atoms with E-state index >= 15 is 0 Å². The zero-order valence-corrected chi connectivity index (χ0v) is 14.6. The number of sulfonamides is 1. The van der Waals surface area contributed by atoms with Crippen molar-refractivity contribution in [2.45, 2.75) is 18.4 Å². The molecule has 1 N–H and O–H groups in total. The Kier molecular flexibility index (Phi) is 4.95. The maximum absolute atomic E-state index is 12.3. The van der Waals surface area contributed by atoms with Crippen LogP contribution in [0.25, 0.3) is 0 Å². The Morgan fingerprint density at radius 3 is 2.60 bits per heavy atom. The van der Waals surface area contributed by atoms with E-state index in [1.54, 1.807) is 30.5 Å². The molecule has 1 aromatic carbocycles. The van der Waals surface area contributed by atoms with Gasteiger partial charge in [-0.25, -0.2) is 13.1 Å². The molecule has 0 radical (unpaired) electrons. The van der Waals surface area contributed by atoms with Gasteiger partial charge < -0.3 is 0 Å². The number of halogens is 2. The van der Waals surface area contributed by atoms with Crippen LogP contribution in [0, 0.1) is 6.92 Å². The van der Waals surface area contributed by atoms with Crippen molar-refractivity contribution in [3.63, 3.8) is 0 Å². The third kappa shape index (κ3) is 3.66. The van der Waals surface area contributed by atoms with Crippen LogP contribution >= 0.6 is 31.9 Å². The average molecular weight is 420 g/mol. The van der Waals surface area contributed by atoms with E-state index < -0.39 is 10.0 Å². The summed E-state index contributed by atoms with van der Waals surface area (Å²) < 4.78 is 28.4. The smallest absolute Gasteiger partial charge is 0.242 e. The highest BCUT2D eigenvalue weighted by Gasteiger charge is 2.18. The molecule has 1 heterocycles. The number of benzene rings is 1. The van der Waals surface area contributed by atoms with Crippen molar-refractivity contribution in [3.05, 3.63) is 56.7 Å². The minimum atomic E-state index is -3.60. The van der Waals surface area contributed by atoms with Gasteiger partial charge in [-0.2, -0.15) is 0 Å². The Morgan fingerprint density at radius 1 is 1.20 bits per heavy atom. The van der Waals surface area contributed by atoms with E-state index in [0.29, 0.717) is 10.2 Å². The normalized spacial score (nSPS) is 11.6. The standard InChI is InChI=1S/C13H12Br2N2O2S/c1-9-6-12(15)13(7-11(9)14)20(18,19)17-8-10-4-2-3-5-16-10/h2-7,17H,8H2,1H3. The van der Waals surface area contributed by atoms with Gasteiger partial charge in [-0.3, -0.25) is 4.98 Å². The molecule has 0 spiro atoms. The molecule has 4 nitrogen and oxygen atoms in total. The van der Waals surface area contributed by atoms with Gasteiger partial charge in [0, 0.05) is 15.1 Å². The summed E-state index contributed by atoms with van der Waals surface area (Å²) >= 11 is 6.63. The van der Waals surface area contributed by atoms with Crippen molar-refractivity contribution >= 4 is 41.9 Å². The van der Waals surface area contributed by atoms with Crippen LogP contribution in [0.1, 0.15) is 11.3 Å². The number of aromatic nitrogens is 1. The summed E-state index contributed by atoms with van der Waals surface area (Å²) in [6, 6.07) is 8.71. The molecule has 0 saturated heterocycles. The van der Waals surface area contributed by atoms with Crippen molar-refractivity contribution in [2.24, 2.45) is 0 Å². The maximum atomic E-state index is 12.3. The fraction of sp³-hybridized carbons (Fsp3) is 0.154. The summed E-state index contributed by atoms with van der Waals surface area (Å²) in [6.45, 7) is 2.05. The Balaban J connectivity index is 2.25. The lowest BCUT2D eigenvalue weighted by Crippen LogP contribution is -2.24. The molecule has 0 bridgehead atoms. The molecule has 106 valence electrons. The van der Waals surface area contributed by atoms with Crippen molar-refractivity contribution < 1.29 is 8.42 Å². The minimum absolute atomic E-state index is 0.154. The average Bonchev–Trinajstić information content (AvgIpc) is 2.42. The van der Waals surface area contributed by atoms with Gasteiger partial charge in [0.25, 0.3) is 0 Å². The van der Waals surface area contributed by atoms with Crippen molar-refractivity contribution in [2.75, 3.05) is 0 Å². The van der Waals surface area contributed by atoms with E-state index in [1.165, 1.54) is 0 Å². The SMILES string of the molecule is Cc1cc(Br)c(S(=O)(=O)NCc2ccccn2)cc1Br. The van der Waals surface area contributed by atoms with Gasteiger partial charge in [0.05, 0.1) is 17.1 Å². The number of aryl methyl sites for hydroxylation is 1. The molecular formula is C13H12Br2N2O2S. The topological polar surface area (TPSA) is 59.1 Å². The Hall–Kier alpha value is -0.760. The molecule has 2 rings (SSSR count). The first kappa shape index (κ1) is 15.6. The molecule has 0 unspecified atom stereocenters. The van der Waals surface area contributed by atoms with Crippen LogP contribution in [0.2, 0.25) is 0 Å². The second-order valence-corrected chi connectivity index (χ2v) is 7.62. The number of hydrogen-bond donors (Lipinski definition) is 1. The van der Waals surface area contributed by atoms with Crippen LogP contribution in [0.15, 0.2) is 50.4 Å². The van der Waals surface area contributed by atoms with Crippen molar-refractivity contribution in [1.82, 2.24) is 9.71 Å². The van der Waals surface area contributed by atoms with E-state index in [4.69, 9.17) is 0 Å². The van der Waals surface area contributed by atoms with Crippen LogP contribution < -0.4 is 4.72 Å². The molecule has 0 aliphatic rings. The predicted molar refractivity (Wildman–Crippen MR) is 84.8 cm³/mol. The van der Waals surface area contributed by atoms with E-state index in [0.717, 1.165) is 10.0 Å². The summed E-state index contributed by atoms with van der Waals surface area (Å²) in [4.78, 5) is 4.28. The molecule has 0 aliphatic carbocycles. The Labute approximate surface area is 134 Å². The van der Waals surface area contributed by atoms with E-state index in [1.807, 2.05) is 13.0 Å². The van der Waals surface area contributed by atoms with E-state index in [9.17, 15) is 8.42 Å². The van der Waals surface area contributed by atoms with Gasteiger partial charge in [0.2, 0.25) is 10.0 Å². The van der Waals surface area contributed by atoms with Gasteiger partial charge in [0.1, 0.15) is 0 Å². The summed E-state index contributed by atoms with van der Waals surface area (Å²) in [5.41, 5.74) is 1.62. The van der Waals surface area contributed by atoms with Crippen LogP contribution in [0.4, 0.5) is 0 Å². The Bertz CT molecular complexity index is 719. The molecule has 20 heavy (non-hydrogen) atoms. The number of pyridine rings is 1. The third-order valence-corrected chi connectivity index (χ3v) is 5.89. The molecule has 0 amide bonds. The van der Waals surface area contributed by atoms with Gasteiger partial charge in [-0.1, -0.05) is 22.0 Å². The summed E-state index contributed by atoms with van der Waals surface area (Å²) in [6.07, 6.45) is 1.63. The van der Waals surface area contributed by atoms with Gasteiger partial charge >= 0.3 is 0 Å². The number of rotatable bonds is 4. The molecule has 0 saturated carbocycles. The molecule has 0 fully saturated rings. The van der Waals surface area contributed by atoms with Crippen LogP contribution in [0.3, 0.4) is 0 Å². The fourth-order valence-corrected chi connectivity index (χ4v) is 4.26. The van der Waals surface area contributed by atoms with Crippen LogP contribution in [-0.2, 0) is 16.6 Å². The first-order chi connectivity index (χ1) is 9.40. The lowest BCUT2D eigenvalue weighted by molar-refractivity contribution is 0.580. The Morgan fingerprint density at radius 2 is 1.95 bits per heavy atom. The molecule has 0 atom stereocenters. The highest BCUT2D eigenvalue weighted by molar-refractivity contribution is 9.11. The van der Waals surface area contributed by atoms with Crippen LogP contribution in [0.5, 0.6) is 0 Å². The summed E-state index contributed by atoms with van der Waals surface area (Å²) in [5, 5.41) is 0. The predicted octanol–water partition coefficient (Wildman–Crippen LogP) is 3.39. The number of nitrogens with zero attached hydrogens (tertiary/aromatic N) is 1. The largest absolute Gasteiger partial charge is 0.260 e. The van der Waals surface area contributed by atoms with E-state index in [-0.39, 0.29) is 11.4 Å². The highest BCUT2D eigenvalue weighted by Crippen LogP contribution is 2.28. The zero-order valence-electron chi connectivity index (χ0n) is 10.6. The molecule has 2 aromatic rings. The second kappa shape index (κ2) is 6.34. The lowest BCUT2D eigenvalue weighted by Gasteiger charge is -2.10. The van der Waals surface area contributed by atoms with Gasteiger partial charge in [-0.05, 0) is 52.7 Å². The van der Waals surface area contributed by atoms with Gasteiger partial charge in [0.15, 0.2) is 0 Å². The van der Waals surface area contributed by atoms with Crippen molar-refractivity contribution in [1.29, 1.82) is 0 Å². The van der Waals surface area contributed by atoms with Gasteiger partial charge in [-0.15, -0.1) is 0 Å². The first-order valence-corrected chi connectivity index (χ1v) is 8.82. The number of nitrogens with one attached hydrogen (secondary N) is 1. The van der Waals surface area contributed by atoms with E-state index in [2.05, 4.69) is 41.6 Å². The van der Waals surface area contributed by atoms with Crippen LogP contribution in [-0.4, -0.2) is 13.4 Å². The lowest BCUT2D eigenvalue weighted by atomic mass is 10.2. The summed E-state index contributed by atoms with van der Waals surface area (Å²) in [7, 11) is -3.60. The molecule has 7 heteroatoms. The number of hydrogen-bond acceptors (Lipinski definition) is 3. The maximum Gasteiger partial charge on any atom is 0.242 e. The fourth-order valence-electron chi connectivity index (χ4n) is 1.58. The first-order valence-electron chi connectivity index (χ1n) is 5.75. The minimum Gasteiger partial charge on any atom is -0.260 e. The monoisotopic (exact) mass is 418 g/mol. The zero-order chi connectivity index (χ0) is 14.8. The molecular weight excluding hydrogens is 408 g/mol. The highest BCUT2D eigenvalue weighted by atomic mass is 79.9. The quantitative estimate of drug-likeness (QED) is 0.826. The summed E-state index contributed by atoms with van der Waals surface area (Å²) in [5.74, 6) is 0. The van der Waals surface area contributed by atoms with Crippen molar-refractivity contribution in [3.8, 4) is 0 Å². The third-order valence-electron chi connectivity index (χ3n) is 2.67. The molecule has 1 aromatic heterocycles. The second-order valence-electron chi connectivity index (χ2n) is 4.18.